The van der Waals surface area contributed by atoms with E-state index in [-0.39, 0.29) is 5.91 Å². The van der Waals surface area contributed by atoms with E-state index in [0.717, 1.165) is 23.0 Å². The fourth-order valence-corrected chi connectivity index (χ4v) is 4.55. The van der Waals surface area contributed by atoms with Gasteiger partial charge in [0.05, 0.1) is 11.3 Å². The van der Waals surface area contributed by atoms with Gasteiger partial charge in [-0.2, -0.15) is 4.80 Å². The molecular formula is C32H26N4O3. The van der Waals surface area contributed by atoms with Crippen LogP contribution < -0.4 is 10.9 Å². The average molecular weight is 515 g/mol. The number of anilines is 1. The van der Waals surface area contributed by atoms with Gasteiger partial charge in [0.15, 0.2) is 0 Å². The van der Waals surface area contributed by atoms with Crippen LogP contribution in [0.2, 0.25) is 0 Å². The van der Waals surface area contributed by atoms with Crippen LogP contribution >= 0.6 is 0 Å². The topological polar surface area (TPSA) is 90.0 Å². The van der Waals surface area contributed by atoms with Gasteiger partial charge in [0.25, 0.3) is 5.91 Å². The molecule has 2 heterocycles. The van der Waals surface area contributed by atoms with Crippen molar-refractivity contribution in [2.24, 2.45) is 0 Å². The Morgan fingerprint density at radius 2 is 1.64 bits per heavy atom. The van der Waals surface area contributed by atoms with Crippen LogP contribution in [-0.4, -0.2) is 20.9 Å². The molecule has 1 N–H and O–H groups in total. The Morgan fingerprint density at radius 1 is 0.872 bits per heavy atom. The van der Waals surface area contributed by atoms with Gasteiger partial charge in [-0.25, -0.2) is 4.79 Å². The maximum Gasteiger partial charge on any atom is 0.344 e. The zero-order valence-corrected chi connectivity index (χ0v) is 21.4. The van der Waals surface area contributed by atoms with Crippen LogP contribution in [0.4, 0.5) is 5.69 Å². The van der Waals surface area contributed by atoms with E-state index in [2.05, 4.69) is 34.6 Å². The Hall–Kier alpha value is -5.04. The number of nitrogens with one attached hydrogen (secondary N) is 1. The maximum absolute atomic E-state index is 12.9. The predicted octanol–water partition coefficient (Wildman–Crippen LogP) is 6.79. The molecule has 0 saturated carbocycles. The predicted molar refractivity (Wildman–Crippen MR) is 153 cm³/mol. The quantitative estimate of drug-likeness (QED) is 0.237. The van der Waals surface area contributed by atoms with Gasteiger partial charge in [0.2, 0.25) is 0 Å². The van der Waals surface area contributed by atoms with Crippen LogP contribution in [0.1, 0.15) is 35.7 Å². The zero-order valence-electron chi connectivity index (χ0n) is 21.4. The van der Waals surface area contributed by atoms with E-state index in [1.54, 1.807) is 47.3 Å². The second kappa shape index (κ2) is 10.4. The molecule has 0 radical (unpaired) electrons. The van der Waals surface area contributed by atoms with Crippen molar-refractivity contribution >= 4 is 33.6 Å². The van der Waals surface area contributed by atoms with Gasteiger partial charge in [0, 0.05) is 16.6 Å². The Kier molecular flexibility index (Phi) is 6.47. The average Bonchev–Trinajstić information content (AvgIpc) is 3.39. The molecule has 6 aromatic rings. The molecule has 0 bridgehead atoms. The lowest BCUT2D eigenvalue weighted by molar-refractivity contribution is 0.102. The Morgan fingerprint density at radius 3 is 2.44 bits per heavy atom. The Bertz CT molecular complexity index is 1850. The normalized spacial score (nSPS) is 11.2. The number of fused-ring (bicyclic) bond motifs is 2. The number of nitrogens with zero attached hydrogens (tertiary/aromatic N) is 3. The molecule has 1 amide bonds. The number of carbonyl (C=O) groups is 1. The lowest BCUT2D eigenvalue weighted by atomic mass is 10.0. The smallest absolute Gasteiger partial charge is 0.344 e. The molecule has 0 spiro atoms. The molecule has 39 heavy (non-hydrogen) atoms. The standard InChI is InChI=1S/C32H26N4O3/c1-2-3-6-21-9-16-26(17-10-21)36-34-28-18-15-25(20-29(28)35-36)33-31(37)23-13-11-22(12-14-23)27-19-24-7-4-5-8-30(24)39-32(27)38/h4-5,7-20H,2-3,6H2,1H3,(H,33,37). The number of unbranched alkanes of at least 4 members (excludes halogenated alkanes) is 1. The van der Waals surface area contributed by atoms with Gasteiger partial charge in [-0.3, -0.25) is 4.79 Å². The summed E-state index contributed by atoms with van der Waals surface area (Å²) in [6.07, 6.45) is 3.40. The molecule has 2 aromatic heterocycles. The molecule has 7 nitrogen and oxygen atoms in total. The van der Waals surface area contributed by atoms with Crippen molar-refractivity contribution in [2.75, 3.05) is 5.32 Å². The highest BCUT2D eigenvalue weighted by molar-refractivity contribution is 6.05. The number of aryl methyl sites for hydroxylation is 1. The van der Waals surface area contributed by atoms with E-state index in [0.29, 0.717) is 33.5 Å². The fourth-order valence-electron chi connectivity index (χ4n) is 4.55. The van der Waals surface area contributed by atoms with Crippen LogP contribution in [0.3, 0.4) is 0 Å². The fraction of sp³-hybridized carbons (Fsp3) is 0.125. The first-order chi connectivity index (χ1) is 19.1. The molecule has 0 aliphatic heterocycles. The highest BCUT2D eigenvalue weighted by atomic mass is 16.4. The molecule has 192 valence electrons. The number of aromatic nitrogens is 3. The van der Waals surface area contributed by atoms with Crippen molar-refractivity contribution in [1.29, 1.82) is 0 Å². The monoisotopic (exact) mass is 514 g/mol. The number of hydrogen-bond donors (Lipinski definition) is 1. The summed E-state index contributed by atoms with van der Waals surface area (Å²) in [7, 11) is 0. The van der Waals surface area contributed by atoms with Gasteiger partial charge in [-0.05, 0) is 78.6 Å². The third-order valence-corrected chi connectivity index (χ3v) is 6.72. The van der Waals surface area contributed by atoms with E-state index in [4.69, 9.17) is 4.42 Å². The van der Waals surface area contributed by atoms with Crippen molar-refractivity contribution in [3.63, 3.8) is 0 Å². The Labute approximate surface area is 224 Å². The summed E-state index contributed by atoms with van der Waals surface area (Å²) in [5.74, 6) is -0.262. The first-order valence-electron chi connectivity index (χ1n) is 13.0. The van der Waals surface area contributed by atoms with Crippen LogP contribution in [0, 0.1) is 0 Å². The minimum atomic E-state index is -0.417. The maximum atomic E-state index is 12.9. The van der Waals surface area contributed by atoms with Gasteiger partial charge >= 0.3 is 5.63 Å². The third kappa shape index (κ3) is 5.07. The van der Waals surface area contributed by atoms with Crippen LogP contribution in [0.5, 0.6) is 0 Å². The Balaban J connectivity index is 1.18. The van der Waals surface area contributed by atoms with Crippen LogP contribution in [0.15, 0.2) is 106 Å². The summed E-state index contributed by atoms with van der Waals surface area (Å²) in [4.78, 5) is 27.0. The van der Waals surface area contributed by atoms with E-state index >= 15 is 0 Å². The molecule has 0 saturated heterocycles. The summed E-state index contributed by atoms with van der Waals surface area (Å²) in [6, 6.07) is 29.8. The van der Waals surface area contributed by atoms with E-state index in [9.17, 15) is 9.59 Å². The first kappa shape index (κ1) is 24.3. The van der Waals surface area contributed by atoms with Crippen molar-refractivity contribution in [1.82, 2.24) is 15.0 Å². The lowest BCUT2D eigenvalue weighted by Crippen LogP contribution is -2.11. The zero-order chi connectivity index (χ0) is 26.8. The summed E-state index contributed by atoms with van der Waals surface area (Å²) in [5.41, 5.74) is 5.95. The molecule has 0 unspecified atom stereocenters. The second-order valence-corrected chi connectivity index (χ2v) is 9.48. The van der Waals surface area contributed by atoms with Crippen molar-refractivity contribution in [3.05, 3.63) is 119 Å². The van der Waals surface area contributed by atoms with Crippen LogP contribution in [-0.2, 0) is 6.42 Å². The highest BCUT2D eigenvalue weighted by Crippen LogP contribution is 2.23. The van der Waals surface area contributed by atoms with Crippen molar-refractivity contribution < 1.29 is 9.21 Å². The van der Waals surface area contributed by atoms with Crippen LogP contribution in [0.25, 0.3) is 38.8 Å². The number of rotatable bonds is 7. The highest BCUT2D eigenvalue weighted by Gasteiger charge is 2.12. The molecule has 6 rings (SSSR count). The van der Waals surface area contributed by atoms with Gasteiger partial charge < -0.3 is 9.73 Å². The number of carbonyl (C=O) groups excluding carboxylic acids is 1. The van der Waals surface area contributed by atoms with Gasteiger partial charge in [-0.1, -0.05) is 55.8 Å². The van der Waals surface area contributed by atoms with E-state index < -0.39 is 5.63 Å². The summed E-state index contributed by atoms with van der Waals surface area (Å²) in [6.45, 7) is 2.19. The van der Waals surface area contributed by atoms with E-state index in [1.165, 1.54) is 18.4 Å². The number of hydrogen-bond acceptors (Lipinski definition) is 5. The summed E-state index contributed by atoms with van der Waals surface area (Å²) >= 11 is 0. The van der Waals surface area contributed by atoms with Gasteiger partial charge in [-0.15, -0.1) is 10.2 Å². The SMILES string of the molecule is CCCCc1ccc(-n2nc3ccc(NC(=O)c4ccc(-c5cc6ccccc6oc5=O)cc4)cc3n2)cc1. The second-order valence-electron chi connectivity index (χ2n) is 9.48. The largest absolute Gasteiger partial charge is 0.422 e. The molecule has 0 aliphatic rings. The number of benzene rings is 4. The first-order valence-corrected chi connectivity index (χ1v) is 13.0. The third-order valence-electron chi connectivity index (χ3n) is 6.72. The summed E-state index contributed by atoms with van der Waals surface area (Å²) in [5, 5.41) is 12.9. The molecule has 0 atom stereocenters. The summed E-state index contributed by atoms with van der Waals surface area (Å²) < 4.78 is 5.44. The minimum Gasteiger partial charge on any atom is -0.422 e. The molecule has 4 aromatic carbocycles. The lowest BCUT2D eigenvalue weighted by Gasteiger charge is -2.07. The van der Waals surface area contributed by atoms with E-state index in [1.807, 2.05) is 42.5 Å². The van der Waals surface area contributed by atoms with Gasteiger partial charge in [0.1, 0.15) is 16.6 Å². The molecule has 0 aliphatic carbocycles. The van der Waals surface area contributed by atoms with Crippen molar-refractivity contribution in [2.45, 2.75) is 26.2 Å². The number of para-hydroxylation sites is 1. The minimum absolute atomic E-state index is 0.262. The number of amides is 1. The molecular weight excluding hydrogens is 488 g/mol. The van der Waals surface area contributed by atoms with Crippen molar-refractivity contribution in [3.8, 4) is 16.8 Å². The molecule has 0 fully saturated rings. The molecule has 7 heteroatoms.